The summed E-state index contributed by atoms with van der Waals surface area (Å²) in [6.07, 6.45) is -0.152. The third kappa shape index (κ3) is 7.39. The Morgan fingerprint density at radius 3 is 2.44 bits per heavy atom. The van der Waals surface area contributed by atoms with Crippen LogP contribution in [0.4, 0.5) is 18.9 Å². The number of sulfonamides is 1. The van der Waals surface area contributed by atoms with Crippen molar-refractivity contribution in [2.45, 2.75) is 37.5 Å². The number of carboxylic acids is 1. The monoisotopic (exact) mass is 609 g/mol. The fraction of sp³-hybridized carbons (Fsp3) is 0.250. The summed E-state index contributed by atoms with van der Waals surface area (Å²) in [5.41, 5.74) is -3.20. The third-order valence-electron chi connectivity index (χ3n) is 6.44. The van der Waals surface area contributed by atoms with Gasteiger partial charge in [-0.3, -0.25) is 4.72 Å². The average molecular weight is 610 g/mol. The Morgan fingerprint density at radius 1 is 1.02 bits per heavy atom. The van der Waals surface area contributed by atoms with Crippen LogP contribution in [0.3, 0.4) is 0 Å². The van der Waals surface area contributed by atoms with Crippen LogP contribution in [0.2, 0.25) is 5.02 Å². The fourth-order valence-electron chi connectivity index (χ4n) is 4.49. The molecule has 8 nitrogen and oxygen atoms in total. The molecule has 0 amide bonds. The van der Waals surface area contributed by atoms with Gasteiger partial charge in [0.15, 0.2) is 0 Å². The van der Waals surface area contributed by atoms with Gasteiger partial charge in [-0.25, -0.2) is 4.79 Å². The maximum absolute atomic E-state index is 12.8. The second-order valence-electron chi connectivity index (χ2n) is 9.65. The highest BCUT2D eigenvalue weighted by atomic mass is 35.5. The third-order valence-corrected chi connectivity index (χ3v) is 7.79. The normalized spacial score (nSPS) is 13.7. The zero-order valence-electron chi connectivity index (χ0n) is 21.7. The Labute approximate surface area is 239 Å². The van der Waals surface area contributed by atoms with E-state index in [2.05, 4.69) is 5.32 Å². The van der Waals surface area contributed by atoms with Crippen molar-refractivity contribution >= 4 is 44.2 Å². The van der Waals surface area contributed by atoms with Gasteiger partial charge in [0, 0.05) is 40.7 Å². The quantitative estimate of drug-likeness (QED) is 0.177. The van der Waals surface area contributed by atoms with E-state index in [-0.39, 0.29) is 24.0 Å². The van der Waals surface area contributed by atoms with Gasteiger partial charge in [0.1, 0.15) is 5.69 Å². The van der Waals surface area contributed by atoms with Crippen LogP contribution in [0, 0.1) is 0 Å². The van der Waals surface area contributed by atoms with Gasteiger partial charge in [0.25, 0.3) is 0 Å². The summed E-state index contributed by atoms with van der Waals surface area (Å²) in [6.45, 7) is 2.25. The van der Waals surface area contributed by atoms with Crippen molar-refractivity contribution in [3.63, 3.8) is 0 Å². The number of rotatable bonds is 11. The first-order valence-corrected chi connectivity index (χ1v) is 14.3. The summed E-state index contributed by atoms with van der Waals surface area (Å²) in [6, 6.07) is 19.3. The molecule has 13 heteroatoms. The Morgan fingerprint density at radius 2 is 1.76 bits per heavy atom. The highest BCUT2D eigenvalue weighted by Gasteiger charge is 2.46. The molecule has 0 saturated heterocycles. The van der Waals surface area contributed by atoms with Crippen molar-refractivity contribution in [1.82, 2.24) is 9.88 Å². The standard InChI is InChI=1S/C28H27ClF3N3O5S/c1-17(33-15-26(36)20-5-3-6-22(29)13-20)10-18-8-9-24-21(11-18)14-25(27(37)38)35(24)16-19-4-2-7-23(12-19)34-41(39,40)28(30,31)32/h2-9,11-14,17,26,33-34,36H,10,15-16H2,1H3,(H,37,38). The van der Waals surface area contributed by atoms with Gasteiger partial charge >= 0.3 is 21.5 Å². The average Bonchev–Trinajstić information content (AvgIpc) is 3.24. The molecule has 0 spiro atoms. The molecule has 4 aromatic rings. The van der Waals surface area contributed by atoms with Gasteiger partial charge in [-0.05, 0) is 72.5 Å². The number of fused-ring (bicyclic) bond motifs is 1. The SMILES string of the molecule is CC(Cc1ccc2c(c1)cc(C(=O)O)n2Cc1cccc(NS(=O)(=O)C(F)(F)F)c1)NCC(O)c1cccc(Cl)c1. The van der Waals surface area contributed by atoms with Crippen molar-refractivity contribution in [3.8, 4) is 0 Å². The maximum atomic E-state index is 12.8. The minimum atomic E-state index is -5.60. The predicted molar refractivity (Wildman–Crippen MR) is 151 cm³/mol. The molecule has 0 fully saturated rings. The molecule has 2 atom stereocenters. The van der Waals surface area contributed by atoms with Crippen molar-refractivity contribution in [2.75, 3.05) is 11.3 Å². The Hall–Kier alpha value is -3.58. The second-order valence-corrected chi connectivity index (χ2v) is 11.8. The minimum Gasteiger partial charge on any atom is -0.477 e. The molecule has 0 saturated carbocycles. The zero-order chi connectivity index (χ0) is 29.9. The first kappa shape index (κ1) is 30.4. The molecule has 1 heterocycles. The summed E-state index contributed by atoms with van der Waals surface area (Å²) in [7, 11) is -5.60. The summed E-state index contributed by atoms with van der Waals surface area (Å²) in [5, 5.41) is 24.7. The first-order valence-electron chi connectivity index (χ1n) is 12.4. The lowest BCUT2D eigenvalue weighted by molar-refractivity contribution is -0.0429. The molecule has 41 heavy (non-hydrogen) atoms. The van der Waals surface area contributed by atoms with Crippen LogP contribution in [0.15, 0.2) is 72.8 Å². The van der Waals surface area contributed by atoms with E-state index in [0.717, 1.165) is 5.56 Å². The molecular weight excluding hydrogens is 583 g/mol. The van der Waals surface area contributed by atoms with Crippen LogP contribution < -0.4 is 10.0 Å². The van der Waals surface area contributed by atoms with E-state index in [4.69, 9.17) is 11.6 Å². The van der Waals surface area contributed by atoms with E-state index in [1.807, 2.05) is 19.1 Å². The van der Waals surface area contributed by atoms with E-state index in [0.29, 0.717) is 40.0 Å². The van der Waals surface area contributed by atoms with E-state index in [9.17, 15) is 36.6 Å². The van der Waals surface area contributed by atoms with Crippen molar-refractivity contribution < 1.29 is 36.6 Å². The molecule has 0 radical (unpaired) electrons. The number of hydrogen-bond acceptors (Lipinski definition) is 5. The first-order chi connectivity index (χ1) is 19.2. The number of anilines is 1. The number of aromatic nitrogens is 1. The van der Waals surface area contributed by atoms with Gasteiger partial charge in [-0.15, -0.1) is 0 Å². The van der Waals surface area contributed by atoms with Crippen LogP contribution in [-0.4, -0.2) is 47.3 Å². The van der Waals surface area contributed by atoms with Crippen molar-refractivity contribution in [1.29, 1.82) is 0 Å². The molecule has 218 valence electrons. The number of aliphatic hydroxyl groups excluding tert-OH is 1. The van der Waals surface area contributed by atoms with Crippen LogP contribution in [0.25, 0.3) is 10.9 Å². The van der Waals surface area contributed by atoms with E-state index >= 15 is 0 Å². The minimum absolute atomic E-state index is 0.0224. The van der Waals surface area contributed by atoms with Gasteiger partial charge < -0.3 is 20.1 Å². The summed E-state index contributed by atoms with van der Waals surface area (Å²) < 4.78 is 64.3. The van der Waals surface area contributed by atoms with Gasteiger partial charge in [0.05, 0.1) is 6.10 Å². The van der Waals surface area contributed by atoms with Gasteiger partial charge in [0.2, 0.25) is 0 Å². The highest BCUT2D eigenvalue weighted by molar-refractivity contribution is 7.93. The fourth-order valence-corrected chi connectivity index (χ4v) is 5.25. The molecule has 0 aliphatic rings. The van der Waals surface area contributed by atoms with Crippen LogP contribution >= 0.6 is 11.6 Å². The van der Waals surface area contributed by atoms with Crippen LogP contribution in [0.5, 0.6) is 0 Å². The van der Waals surface area contributed by atoms with Crippen LogP contribution in [-0.2, 0) is 23.0 Å². The zero-order valence-corrected chi connectivity index (χ0v) is 23.3. The number of carboxylic acid groups (broad SMARTS) is 1. The predicted octanol–water partition coefficient (Wildman–Crippen LogP) is 5.56. The van der Waals surface area contributed by atoms with Gasteiger partial charge in [-0.1, -0.05) is 41.9 Å². The van der Waals surface area contributed by atoms with Gasteiger partial charge in [-0.2, -0.15) is 21.6 Å². The lowest BCUT2D eigenvalue weighted by atomic mass is 10.0. The number of benzene rings is 3. The number of alkyl halides is 3. The topological polar surface area (TPSA) is 121 Å². The summed E-state index contributed by atoms with van der Waals surface area (Å²) in [5.74, 6) is -1.19. The van der Waals surface area contributed by atoms with E-state index in [1.54, 1.807) is 36.4 Å². The van der Waals surface area contributed by atoms with Crippen molar-refractivity contribution in [2.24, 2.45) is 0 Å². The number of halogens is 4. The second kappa shape index (κ2) is 12.1. The molecule has 1 aromatic heterocycles. The smallest absolute Gasteiger partial charge is 0.477 e. The molecule has 0 aliphatic carbocycles. The lowest BCUT2D eigenvalue weighted by Crippen LogP contribution is -2.32. The van der Waals surface area contributed by atoms with Crippen LogP contribution in [0.1, 0.15) is 40.2 Å². The molecular formula is C28H27ClF3N3O5S. The molecule has 2 unspecified atom stereocenters. The molecule has 0 bridgehead atoms. The largest absolute Gasteiger partial charge is 0.516 e. The number of carbonyl (C=O) groups is 1. The Balaban J connectivity index is 1.50. The molecule has 4 N–H and O–H groups in total. The highest BCUT2D eigenvalue weighted by Crippen LogP contribution is 2.27. The summed E-state index contributed by atoms with van der Waals surface area (Å²) >= 11 is 6.00. The molecule has 4 rings (SSSR count). The molecule has 0 aliphatic heterocycles. The van der Waals surface area contributed by atoms with E-state index < -0.39 is 27.6 Å². The number of aromatic carboxylic acids is 1. The van der Waals surface area contributed by atoms with E-state index in [1.165, 1.54) is 33.6 Å². The molecule has 3 aromatic carbocycles. The number of nitrogens with one attached hydrogen (secondary N) is 2. The number of hydrogen-bond donors (Lipinski definition) is 4. The summed E-state index contributed by atoms with van der Waals surface area (Å²) in [4.78, 5) is 12.0. The number of nitrogens with zero attached hydrogens (tertiary/aromatic N) is 1. The lowest BCUT2D eigenvalue weighted by Gasteiger charge is -2.18. The number of aliphatic hydroxyl groups is 1. The Kier molecular flexibility index (Phi) is 8.97. The van der Waals surface area contributed by atoms with Crippen molar-refractivity contribution in [3.05, 3.63) is 100 Å². The maximum Gasteiger partial charge on any atom is 0.516 e. The Bertz CT molecular complexity index is 1670.